The highest BCUT2D eigenvalue weighted by Crippen LogP contribution is 2.39. The van der Waals surface area contributed by atoms with Crippen molar-refractivity contribution in [3.05, 3.63) is 248 Å². The molecule has 0 aliphatic rings. The van der Waals surface area contributed by atoms with Gasteiger partial charge in [0.05, 0.1) is 56.2 Å². The molecule has 3 heteroatoms. The van der Waals surface area contributed by atoms with E-state index in [0.29, 0.717) is 9.80 Å². The summed E-state index contributed by atoms with van der Waals surface area (Å²) in [6.45, 7) is 0. The van der Waals surface area contributed by atoms with Gasteiger partial charge in [-0.25, -0.2) is 0 Å². The first-order chi connectivity index (χ1) is 45.3. The van der Waals surface area contributed by atoms with Crippen molar-refractivity contribution >= 4 is 51.2 Å². The lowest BCUT2D eigenvalue weighted by Gasteiger charge is -2.26. The molecule has 0 N–H and O–H groups in total. The first-order valence-corrected chi connectivity index (χ1v) is 16.0. The summed E-state index contributed by atoms with van der Waals surface area (Å²) in [6, 6.07) is -50.1. The van der Waals surface area contributed by atoms with Crippen LogP contribution >= 0.6 is 0 Å². The van der Waals surface area contributed by atoms with E-state index in [1.54, 1.807) is 0 Å². The van der Waals surface area contributed by atoms with Gasteiger partial charge in [-0.3, -0.25) is 0 Å². The third kappa shape index (κ3) is 7.68. The Kier molecular flexibility index (Phi) is 3.44. The average molecular weight is 773 g/mol. The van der Waals surface area contributed by atoms with Gasteiger partial charge in [-0.15, -0.1) is 0 Å². The van der Waals surface area contributed by atoms with Crippen LogP contribution in [0.4, 0.5) is 51.2 Å². The molecule has 0 amide bonds. The number of anilines is 9. The maximum atomic E-state index is 9.55. The van der Waals surface area contributed by atoms with Gasteiger partial charge in [-0.2, -0.15) is 0 Å². The molecular formula is C54H41N3. The molecule has 0 aliphatic heterocycles. The zero-order valence-electron chi connectivity index (χ0n) is 69.3. The van der Waals surface area contributed by atoms with Crippen LogP contribution in [0.3, 0.4) is 0 Å². The van der Waals surface area contributed by atoms with E-state index in [9.17, 15) is 21.9 Å². The highest BCUT2D eigenvalue weighted by atomic mass is 15.2. The van der Waals surface area contributed by atoms with E-state index in [2.05, 4.69) is 0 Å². The monoisotopic (exact) mass is 773 g/mol. The van der Waals surface area contributed by atoms with Crippen LogP contribution in [0.2, 0.25) is 0 Å². The number of rotatable bonds is 11. The van der Waals surface area contributed by atoms with Crippen molar-refractivity contribution in [3.8, 4) is 22.3 Å². The lowest BCUT2D eigenvalue weighted by Crippen LogP contribution is -2.10. The third-order valence-electron chi connectivity index (χ3n) is 7.39. The van der Waals surface area contributed by atoms with Gasteiger partial charge in [0.25, 0.3) is 0 Å². The largest absolute Gasteiger partial charge is 0.311 e. The average Bonchev–Trinajstić information content (AvgIpc) is 0.718. The Balaban J connectivity index is 1.35. The van der Waals surface area contributed by atoms with Crippen LogP contribution in [0.5, 0.6) is 0 Å². The first kappa shape index (κ1) is 11.9. The second kappa shape index (κ2) is 16.4. The maximum absolute atomic E-state index is 9.55. The van der Waals surface area contributed by atoms with Gasteiger partial charge >= 0.3 is 0 Å². The highest BCUT2D eigenvalue weighted by molar-refractivity contribution is 5.82. The smallest absolute Gasteiger partial charge is 0.0645 e. The molecule has 0 saturated heterocycles. The van der Waals surface area contributed by atoms with Gasteiger partial charge in [0.1, 0.15) is 0 Å². The molecule has 0 spiro atoms. The quantitative estimate of drug-likeness (QED) is 0.130. The van der Waals surface area contributed by atoms with Gasteiger partial charge in [0.2, 0.25) is 0 Å². The molecule has 9 aromatic rings. The SMILES string of the molecule is [2H]c1c([2H])c([2H])c(N(c2c([2H])c([2H])c([2H])c([2H])c2[2H])c2c([2H])c([2H])c(-c3c([2H])c([2H])c(N(c4c([2H])c([2H])c([2H])c([2H])c4[2H])c4c([2H])c([2H])c(-c5c([2H])c([2H])c(N(c6c([2H])c([2H])c([2H])c([2H])c6[2H])c6c([2H])c([2H])c([2H])c([2H])c6[2H])c([2H])c5[2H])c([2H])c4[2H])c([2H])c3[2H])c([2H])c2[2H])c([2H])c1[2H]. The third-order valence-corrected chi connectivity index (χ3v) is 7.39. The number of nitrogens with zero attached hydrogens (tertiary/aromatic N) is 3. The van der Waals surface area contributed by atoms with Crippen LogP contribution in [-0.4, -0.2) is 0 Å². The summed E-state index contributed by atoms with van der Waals surface area (Å²) in [5.74, 6) is 0. The summed E-state index contributed by atoms with van der Waals surface area (Å²) in [4.78, 5) is 0.772. The lowest BCUT2D eigenvalue weighted by molar-refractivity contribution is 1.28. The lowest BCUT2D eigenvalue weighted by atomic mass is 10.0. The summed E-state index contributed by atoms with van der Waals surface area (Å²) in [5.41, 5.74) is -15.0. The summed E-state index contributed by atoms with van der Waals surface area (Å²) >= 11 is 0. The van der Waals surface area contributed by atoms with Gasteiger partial charge in [-0.1, -0.05) is 139 Å². The van der Waals surface area contributed by atoms with E-state index < -0.39 is 321 Å². The fourth-order valence-electron chi connectivity index (χ4n) is 4.95. The van der Waals surface area contributed by atoms with Crippen molar-refractivity contribution in [3.63, 3.8) is 0 Å². The molecule has 0 bridgehead atoms. The van der Waals surface area contributed by atoms with Crippen LogP contribution in [0, 0.1) is 0 Å². The second-order valence-electron chi connectivity index (χ2n) is 10.8. The maximum Gasteiger partial charge on any atom is 0.0645 e. The second-order valence-corrected chi connectivity index (χ2v) is 10.8. The standard InChI is InChI=1S/C54H41N3/c1-6-16-46(17-7-1)55(47-18-8-2-9-19-47)51-34-26-42(27-35-51)44-30-38-53(39-31-44)57(50-24-14-5-15-25-50)54-40-32-45(33-41-54)43-28-36-52(37-29-43)56(48-20-10-3-11-21-48)49-22-12-4-13-23-49/h1-41H/i1D,2D,3D,4D,5D,6D,7D,8D,9D,10D,11D,12D,13D,14D,15D,16D,17D,18D,19D,20D,21D,22D,23D,24D,25D,26D,27D,28D,29D,30D,31D,32D,33D,34D,35D,36D,37D,38D,39D,40D,41D. The van der Waals surface area contributed by atoms with Gasteiger partial charge in [0, 0.05) is 51.2 Å². The molecule has 0 radical (unpaired) electrons. The van der Waals surface area contributed by atoms with Crippen molar-refractivity contribution in [2.75, 3.05) is 14.7 Å². The van der Waals surface area contributed by atoms with Gasteiger partial charge in [0.15, 0.2) is 0 Å². The molecule has 9 aromatic carbocycles. The highest BCUT2D eigenvalue weighted by Gasteiger charge is 2.16. The Hall–Kier alpha value is -7.62. The van der Waals surface area contributed by atoms with E-state index in [4.69, 9.17) is 34.3 Å². The summed E-state index contributed by atoms with van der Waals surface area (Å²) in [7, 11) is 0. The van der Waals surface area contributed by atoms with E-state index in [0.717, 1.165) is 0 Å². The van der Waals surface area contributed by atoms with Crippen LogP contribution < -0.4 is 14.7 Å². The molecule has 9 rings (SSSR count). The van der Waals surface area contributed by atoms with Gasteiger partial charge in [-0.05, 0) is 131 Å². The Labute approximate surface area is 393 Å². The van der Waals surface area contributed by atoms with Gasteiger partial charge < -0.3 is 14.7 Å². The van der Waals surface area contributed by atoms with Crippen molar-refractivity contribution < 1.29 is 56.2 Å². The van der Waals surface area contributed by atoms with Crippen molar-refractivity contribution in [2.24, 2.45) is 0 Å². The van der Waals surface area contributed by atoms with Crippen molar-refractivity contribution in [2.45, 2.75) is 0 Å². The molecule has 0 aliphatic carbocycles. The molecule has 3 nitrogen and oxygen atoms in total. The summed E-state index contributed by atoms with van der Waals surface area (Å²) in [5, 5.41) is 0. The number of para-hydroxylation sites is 5. The Morgan fingerprint density at radius 3 is 0.474 bits per heavy atom. The molecular weight excluding hydrogens is 691 g/mol. The molecule has 0 atom stereocenters. The molecule has 0 fully saturated rings. The zero-order valence-corrected chi connectivity index (χ0v) is 28.3. The van der Waals surface area contributed by atoms with Crippen molar-refractivity contribution in [1.29, 1.82) is 0 Å². The topological polar surface area (TPSA) is 9.72 Å². The molecule has 57 heavy (non-hydrogen) atoms. The van der Waals surface area contributed by atoms with Crippen LogP contribution in [0.15, 0.2) is 248 Å². The zero-order chi connectivity index (χ0) is 73.9. The van der Waals surface area contributed by atoms with E-state index in [-0.39, 0.29) is 4.90 Å². The fourth-order valence-corrected chi connectivity index (χ4v) is 4.95. The minimum Gasteiger partial charge on any atom is -0.311 e. The van der Waals surface area contributed by atoms with Crippen LogP contribution in [0.25, 0.3) is 22.3 Å². The number of hydrogen-bond acceptors (Lipinski definition) is 3. The van der Waals surface area contributed by atoms with E-state index >= 15 is 0 Å². The Morgan fingerprint density at radius 2 is 0.316 bits per heavy atom. The number of hydrogen-bond donors (Lipinski definition) is 0. The molecule has 0 saturated carbocycles. The Bertz CT molecular complexity index is 4410. The first-order valence-electron chi connectivity index (χ1n) is 36.5. The minimum absolute atomic E-state index is 0.182. The molecule has 272 valence electrons. The van der Waals surface area contributed by atoms with Crippen LogP contribution in [-0.2, 0) is 0 Å². The molecule has 0 aromatic heterocycles. The fraction of sp³-hybridized carbons (Fsp3) is 0. The molecule has 0 heterocycles. The summed E-state index contributed by atoms with van der Waals surface area (Å²) in [6.07, 6.45) is 0. The normalized spacial score (nSPS) is 20.9. The van der Waals surface area contributed by atoms with E-state index in [1.165, 1.54) is 0 Å². The molecule has 0 unspecified atom stereocenters. The van der Waals surface area contributed by atoms with E-state index in [1.807, 2.05) is 0 Å². The Morgan fingerprint density at radius 1 is 0.175 bits per heavy atom. The number of benzene rings is 9. The predicted octanol–water partition coefficient (Wildman–Crippen LogP) is 15.4. The summed E-state index contributed by atoms with van der Waals surface area (Å²) < 4.78 is 365. The van der Waals surface area contributed by atoms with Crippen molar-refractivity contribution in [1.82, 2.24) is 0 Å². The predicted molar refractivity (Wildman–Crippen MR) is 241 cm³/mol. The minimum atomic E-state index is -1.44. The van der Waals surface area contributed by atoms with Crippen LogP contribution in [0.1, 0.15) is 56.2 Å².